The predicted octanol–water partition coefficient (Wildman–Crippen LogP) is 3.61. The maximum absolute atomic E-state index is 11.6. The van der Waals surface area contributed by atoms with Crippen LogP contribution >= 0.6 is 0 Å². The van der Waals surface area contributed by atoms with Crippen molar-refractivity contribution in [1.29, 1.82) is 0 Å². The summed E-state index contributed by atoms with van der Waals surface area (Å²) < 4.78 is 0. The highest BCUT2D eigenvalue weighted by Gasteiger charge is 2.13. The Labute approximate surface area is 118 Å². The summed E-state index contributed by atoms with van der Waals surface area (Å²) in [6.07, 6.45) is 4.64. The standard InChI is InChI=1S/C17H16N2O/c20-16-11-12-18-17-14(7-4-8-15(17)19-16)10-9-13-5-2-1-3-6-13/h1-10,18H,11-12H2,(H,19,20)/b10-9+. The highest BCUT2D eigenvalue weighted by Crippen LogP contribution is 2.29. The second-order valence-corrected chi connectivity index (χ2v) is 4.74. The Morgan fingerprint density at radius 2 is 1.80 bits per heavy atom. The molecular formula is C17H16N2O. The van der Waals surface area contributed by atoms with E-state index < -0.39 is 0 Å². The number of amides is 1. The molecule has 0 spiro atoms. The highest BCUT2D eigenvalue weighted by atomic mass is 16.1. The first-order valence-corrected chi connectivity index (χ1v) is 6.73. The van der Waals surface area contributed by atoms with Gasteiger partial charge in [0.1, 0.15) is 0 Å². The van der Waals surface area contributed by atoms with Gasteiger partial charge in [-0.1, -0.05) is 54.6 Å². The quantitative estimate of drug-likeness (QED) is 0.813. The third-order valence-electron chi connectivity index (χ3n) is 3.28. The number of rotatable bonds is 2. The molecule has 100 valence electrons. The molecule has 2 aromatic rings. The summed E-state index contributed by atoms with van der Waals surface area (Å²) in [6, 6.07) is 16.1. The molecule has 2 aromatic carbocycles. The van der Waals surface area contributed by atoms with Crippen LogP contribution in [-0.4, -0.2) is 12.5 Å². The average molecular weight is 264 g/mol. The minimum absolute atomic E-state index is 0.0560. The summed E-state index contributed by atoms with van der Waals surface area (Å²) in [4.78, 5) is 11.6. The molecule has 1 aliphatic heterocycles. The summed E-state index contributed by atoms with van der Waals surface area (Å²) in [5.41, 5.74) is 4.07. The first-order valence-electron chi connectivity index (χ1n) is 6.73. The van der Waals surface area contributed by atoms with Crippen molar-refractivity contribution in [2.45, 2.75) is 6.42 Å². The second kappa shape index (κ2) is 5.61. The van der Waals surface area contributed by atoms with Gasteiger partial charge in [0.05, 0.1) is 11.4 Å². The summed E-state index contributed by atoms with van der Waals surface area (Å²) in [6.45, 7) is 0.662. The molecule has 1 amide bonds. The molecule has 1 aliphatic rings. The Bertz CT molecular complexity index is 647. The number of hydrogen-bond acceptors (Lipinski definition) is 2. The van der Waals surface area contributed by atoms with E-state index in [2.05, 4.69) is 34.9 Å². The lowest BCUT2D eigenvalue weighted by Crippen LogP contribution is -2.10. The maximum Gasteiger partial charge on any atom is 0.226 e. The molecule has 0 unspecified atom stereocenters. The molecule has 3 heteroatoms. The van der Waals surface area contributed by atoms with Crippen molar-refractivity contribution in [2.24, 2.45) is 0 Å². The van der Waals surface area contributed by atoms with Gasteiger partial charge >= 0.3 is 0 Å². The first-order chi connectivity index (χ1) is 9.83. The van der Waals surface area contributed by atoms with Gasteiger partial charge in [-0.3, -0.25) is 4.79 Å². The second-order valence-electron chi connectivity index (χ2n) is 4.74. The largest absolute Gasteiger partial charge is 0.382 e. The zero-order valence-electron chi connectivity index (χ0n) is 11.1. The summed E-state index contributed by atoms with van der Waals surface area (Å²) in [7, 11) is 0. The van der Waals surface area contributed by atoms with Gasteiger partial charge in [-0.2, -0.15) is 0 Å². The minimum Gasteiger partial charge on any atom is -0.382 e. The predicted molar refractivity (Wildman–Crippen MR) is 83.5 cm³/mol. The van der Waals surface area contributed by atoms with Crippen LogP contribution in [0.15, 0.2) is 48.5 Å². The number of anilines is 2. The lowest BCUT2D eigenvalue weighted by atomic mass is 10.1. The normalized spacial score (nSPS) is 14.3. The molecule has 0 saturated carbocycles. The van der Waals surface area contributed by atoms with E-state index in [-0.39, 0.29) is 5.91 Å². The number of hydrogen-bond donors (Lipinski definition) is 2. The maximum atomic E-state index is 11.6. The number of carbonyl (C=O) groups is 1. The van der Waals surface area contributed by atoms with Crippen LogP contribution in [-0.2, 0) is 4.79 Å². The molecule has 0 saturated heterocycles. The van der Waals surface area contributed by atoms with Crippen LogP contribution in [0.25, 0.3) is 12.2 Å². The SMILES string of the molecule is O=C1CCNc2c(/C=C/c3ccccc3)cccc2N1. The van der Waals surface area contributed by atoms with E-state index in [0.29, 0.717) is 13.0 Å². The number of fused-ring (bicyclic) bond motifs is 1. The lowest BCUT2D eigenvalue weighted by Gasteiger charge is -2.10. The average Bonchev–Trinajstić information content (AvgIpc) is 2.67. The van der Waals surface area contributed by atoms with Crippen molar-refractivity contribution in [3.63, 3.8) is 0 Å². The monoisotopic (exact) mass is 264 g/mol. The third-order valence-corrected chi connectivity index (χ3v) is 3.28. The Kier molecular flexibility index (Phi) is 3.50. The van der Waals surface area contributed by atoms with E-state index in [9.17, 15) is 4.79 Å². The molecule has 0 radical (unpaired) electrons. The lowest BCUT2D eigenvalue weighted by molar-refractivity contribution is -0.115. The Balaban J connectivity index is 1.93. The number of benzene rings is 2. The first kappa shape index (κ1) is 12.5. The van der Waals surface area contributed by atoms with Gasteiger partial charge in [-0.25, -0.2) is 0 Å². The minimum atomic E-state index is 0.0560. The van der Waals surface area contributed by atoms with Crippen LogP contribution in [0.5, 0.6) is 0 Å². The molecular weight excluding hydrogens is 248 g/mol. The summed E-state index contributed by atoms with van der Waals surface area (Å²) in [5.74, 6) is 0.0560. The van der Waals surface area contributed by atoms with Crippen LogP contribution in [0.3, 0.4) is 0 Å². The molecule has 2 N–H and O–H groups in total. The number of nitrogens with one attached hydrogen (secondary N) is 2. The molecule has 20 heavy (non-hydrogen) atoms. The van der Waals surface area contributed by atoms with Crippen LogP contribution in [0, 0.1) is 0 Å². The van der Waals surface area contributed by atoms with Crippen molar-refractivity contribution in [3.05, 3.63) is 59.7 Å². The van der Waals surface area contributed by atoms with Crippen LogP contribution < -0.4 is 10.6 Å². The van der Waals surface area contributed by atoms with Gasteiger partial charge < -0.3 is 10.6 Å². The van der Waals surface area contributed by atoms with Crippen LogP contribution in [0.4, 0.5) is 11.4 Å². The van der Waals surface area contributed by atoms with Crippen LogP contribution in [0.1, 0.15) is 17.5 Å². The number of carbonyl (C=O) groups excluding carboxylic acids is 1. The van der Waals surface area contributed by atoms with E-state index in [1.165, 1.54) is 0 Å². The molecule has 3 rings (SSSR count). The molecule has 0 aliphatic carbocycles. The third kappa shape index (κ3) is 2.72. The summed E-state index contributed by atoms with van der Waals surface area (Å²) in [5, 5.41) is 6.25. The fourth-order valence-electron chi connectivity index (χ4n) is 2.27. The van der Waals surface area contributed by atoms with E-state index in [4.69, 9.17) is 0 Å². The zero-order chi connectivity index (χ0) is 13.8. The van der Waals surface area contributed by atoms with Crippen molar-refractivity contribution in [1.82, 2.24) is 0 Å². The Morgan fingerprint density at radius 3 is 2.65 bits per heavy atom. The van der Waals surface area contributed by atoms with E-state index in [1.54, 1.807) is 0 Å². The van der Waals surface area contributed by atoms with Gasteiger partial charge in [0.15, 0.2) is 0 Å². The fourth-order valence-corrected chi connectivity index (χ4v) is 2.27. The topological polar surface area (TPSA) is 41.1 Å². The van der Waals surface area contributed by atoms with E-state index >= 15 is 0 Å². The molecule has 0 aromatic heterocycles. The molecule has 1 heterocycles. The van der Waals surface area contributed by atoms with Gasteiger partial charge in [0, 0.05) is 13.0 Å². The Morgan fingerprint density at radius 1 is 0.950 bits per heavy atom. The number of para-hydroxylation sites is 1. The Hall–Kier alpha value is -2.55. The van der Waals surface area contributed by atoms with Crippen molar-refractivity contribution in [3.8, 4) is 0 Å². The summed E-state index contributed by atoms with van der Waals surface area (Å²) >= 11 is 0. The molecule has 3 nitrogen and oxygen atoms in total. The fraction of sp³-hybridized carbons (Fsp3) is 0.118. The molecule has 0 bridgehead atoms. The highest BCUT2D eigenvalue weighted by molar-refractivity contribution is 5.98. The van der Waals surface area contributed by atoms with Gasteiger partial charge in [-0.05, 0) is 17.2 Å². The smallest absolute Gasteiger partial charge is 0.226 e. The van der Waals surface area contributed by atoms with Crippen molar-refractivity contribution in [2.75, 3.05) is 17.2 Å². The molecule has 0 atom stereocenters. The van der Waals surface area contributed by atoms with Crippen molar-refractivity contribution < 1.29 is 4.79 Å². The molecule has 0 fully saturated rings. The van der Waals surface area contributed by atoms with Crippen molar-refractivity contribution >= 4 is 29.4 Å². The van der Waals surface area contributed by atoms with Gasteiger partial charge in [0.25, 0.3) is 0 Å². The van der Waals surface area contributed by atoms with E-state index in [0.717, 1.165) is 22.5 Å². The van der Waals surface area contributed by atoms with E-state index in [1.807, 2.05) is 36.4 Å². The van der Waals surface area contributed by atoms with Gasteiger partial charge in [0.2, 0.25) is 5.91 Å². The van der Waals surface area contributed by atoms with Gasteiger partial charge in [-0.15, -0.1) is 0 Å². The zero-order valence-corrected chi connectivity index (χ0v) is 11.1. The van der Waals surface area contributed by atoms with Crippen LogP contribution in [0.2, 0.25) is 0 Å².